The van der Waals surface area contributed by atoms with Crippen LogP contribution in [0.4, 0.5) is 0 Å². The summed E-state index contributed by atoms with van der Waals surface area (Å²) in [4.78, 5) is 25.8. The van der Waals surface area contributed by atoms with Crippen molar-refractivity contribution >= 4 is 11.8 Å². The van der Waals surface area contributed by atoms with Crippen molar-refractivity contribution in [2.45, 2.75) is 59.0 Å². The molecule has 0 aromatic carbocycles. The van der Waals surface area contributed by atoms with E-state index in [1.54, 1.807) is 0 Å². The Balaban J connectivity index is 2.81. The lowest BCUT2D eigenvalue weighted by atomic mass is 10.0. The maximum Gasteiger partial charge on any atom is 0.245 e. The summed E-state index contributed by atoms with van der Waals surface area (Å²) in [6.45, 7) is 8.79. The Morgan fingerprint density at radius 3 is 2.53 bits per heavy atom. The Hall–Kier alpha value is -1.06. The first-order chi connectivity index (χ1) is 7.95. The van der Waals surface area contributed by atoms with Gasteiger partial charge in [0.15, 0.2) is 0 Å². The topological polar surface area (TPSA) is 49.4 Å². The lowest BCUT2D eigenvalue weighted by Gasteiger charge is -2.29. The summed E-state index contributed by atoms with van der Waals surface area (Å²) in [5.74, 6) is 0.481. The van der Waals surface area contributed by atoms with E-state index in [1.807, 2.05) is 11.8 Å². The molecule has 17 heavy (non-hydrogen) atoms. The predicted octanol–water partition coefficient (Wildman–Crippen LogP) is 1.55. The van der Waals surface area contributed by atoms with Crippen LogP contribution in [0.5, 0.6) is 0 Å². The Kier molecular flexibility index (Phi) is 4.97. The number of nitrogens with zero attached hydrogens (tertiary/aromatic N) is 1. The number of hydrogen-bond donors (Lipinski definition) is 1. The standard InChI is InChI=1S/C13H24N2O2/c1-5-10(4)15-7-6-12(16)14-11(13(15)17)8-9(2)3/h9-11H,5-8H2,1-4H3,(H,14,16). The second kappa shape index (κ2) is 6.03. The maximum atomic E-state index is 12.3. The summed E-state index contributed by atoms with van der Waals surface area (Å²) in [5.41, 5.74) is 0. The van der Waals surface area contributed by atoms with Crippen molar-refractivity contribution < 1.29 is 9.59 Å². The SMILES string of the molecule is CCC(C)N1CCC(=O)NC(CC(C)C)C1=O. The smallest absolute Gasteiger partial charge is 0.245 e. The number of hydrogen-bond acceptors (Lipinski definition) is 2. The lowest BCUT2D eigenvalue weighted by Crippen LogP contribution is -2.48. The van der Waals surface area contributed by atoms with Crippen LogP contribution in [-0.2, 0) is 9.59 Å². The molecule has 4 nitrogen and oxygen atoms in total. The molecule has 1 fully saturated rings. The molecule has 1 rings (SSSR count). The van der Waals surface area contributed by atoms with E-state index in [4.69, 9.17) is 0 Å². The van der Waals surface area contributed by atoms with Gasteiger partial charge in [-0.1, -0.05) is 20.8 Å². The minimum absolute atomic E-state index is 0.00481. The highest BCUT2D eigenvalue weighted by atomic mass is 16.2. The highest BCUT2D eigenvalue weighted by molar-refractivity contribution is 5.90. The highest BCUT2D eigenvalue weighted by Gasteiger charge is 2.31. The number of nitrogens with one attached hydrogen (secondary N) is 1. The Morgan fingerprint density at radius 1 is 1.35 bits per heavy atom. The van der Waals surface area contributed by atoms with Crippen molar-refractivity contribution in [3.05, 3.63) is 0 Å². The van der Waals surface area contributed by atoms with Crippen molar-refractivity contribution in [2.75, 3.05) is 6.54 Å². The molecule has 0 aliphatic carbocycles. The third-order valence-corrected chi connectivity index (χ3v) is 3.33. The van der Waals surface area contributed by atoms with Crippen molar-refractivity contribution in [1.82, 2.24) is 10.2 Å². The van der Waals surface area contributed by atoms with E-state index in [0.29, 0.717) is 18.9 Å². The third kappa shape index (κ3) is 3.72. The molecule has 1 N–H and O–H groups in total. The van der Waals surface area contributed by atoms with E-state index in [2.05, 4.69) is 26.1 Å². The van der Waals surface area contributed by atoms with E-state index in [1.165, 1.54) is 0 Å². The molecule has 98 valence electrons. The maximum absolute atomic E-state index is 12.3. The van der Waals surface area contributed by atoms with Gasteiger partial charge in [0.2, 0.25) is 11.8 Å². The molecule has 2 atom stereocenters. The van der Waals surface area contributed by atoms with Gasteiger partial charge >= 0.3 is 0 Å². The first-order valence-electron chi connectivity index (χ1n) is 6.55. The highest BCUT2D eigenvalue weighted by Crippen LogP contribution is 2.15. The van der Waals surface area contributed by atoms with Gasteiger partial charge < -0.3 is 10.2 Å². The normalized spacial score (nSPS) is 23.6. The Morgan fingerprint density at radius 2 is 2.00 bits per heavy atom. The molecule has 1 aliphatic heterocycles. The van der Waals surface area contributed by atoms with Gasteiger partial charge in [0, 0.05) is 19.0 Å². The molecule has 0 spiro atoms. The second-order valence-corrected chi connectivity index (χ2v) is 5.29. The van der Waals surface area contributed by atoms with Gasteiger partial charge in [-0.2, -0.15) is 0 Å². The molecule has 1 saturated heterocycles. The molecular formula is C13H24N2O2. The monoisotopic (exact) mass is 240 g/mol. The summed E-state index contributed by atoms with van der Waals surface area (Å²) < 4.78 is 0. The summed E-state index contributed by atoms with van der Waals surface area (Å²) >= 11 is 0. The molecule has 2 unspecified atom stereocenters. The minimum atomic E-state index is -0.334. The van der Waals surface area contributed by atoms with Crippen LogP contribution in [0.2, 0.25) is 0 Å². The van der Waals surface area contributed by atoms with Crippen molar-refractivity contribution in [2.24, 2.45) is 5.92 Å². The van der Waals surface area contributed by atoms with Gasteiger partial charge in [0.05, 0.1) is 0 Å². The summed E-state index contributed by atoms with van der Waals surface area (Å²) in [5, 5.41) is 2.84. The molecule has 1 aliphatic rings. The van der Waals surface area contributed by atoms with E-state index in [-0.39, 0.29) is 23.9 Å². The van der Waals surface area contributed by atoms with E-state index in [9.17, 15) is 9.59 Å². The fourth-order valence-electron chi connectivity index (χ4n) is 2.15. The molecule has 2 amide bonds. The number of amides is 2. The van der Waals surface area contributed by atoms with E-state index < -0.39 is 0 Å². The van der Waals surface area contributed by atoms with E-state index >= 15 is 0 Å². The molecule has 0 aromatic heterocycles. The first-order valence-corrected chi connectivity index (χ1v) is 6.55. The zero-order chi connectivity index (χ0) is 13.0. The molecule has 0 radical (unpaired) electrons. The summed E-state index contributed by atoms with van der Waals surface area (Å²) in [6, 6.07) is -0.121. The van der Waals surface area contributed by atoms with Gasteiger partial charge in [-0.05, 0) is 25.7 Å². The quantitative estimate of drug-likeness (QED) is 0.810. The van der Waals surface area contributed by atoms with Crippen molar-refractivity contribution in [3.8, 4) is 0 Å². The van der Waals surface area contributed by atoms with Crippen LogP contribution in [-0.4, -0.2) is 35.3 Å². The van der Waals surface area contributed by atoms with E-state index in [0.717, 1.165) is 12.8 Å². The summed E-state index contributed by atoms with van der Waals surface area (Å²) in [7, 11) is 0. The number of carbonyl (C=O) groups excluding carboxylic acids is 2. The third-order valence-electron chi connectivity index (χ3n) is 3.33. The average Bonchev–Trinajstić information content (AvgIpc) is 2.38. The van der Waals surface area contributed by atoms with Crippen LogP contribution in [0.3, 0.4) is 0 Å². The number of carbonyl (C=O) groups is 2. The van der Waals surface area contributed by atoms with Crippen LogP contribution in [0, 0.1) is 5.92 Å². The van der Waals surface area contributed by atoms with Crippen LogP contribution in [0.15, 0.2) is 0 Å². The fraction of sp³-hybridized carbons (Fsp3) is 0.846. The molecule has 4 heteroatoms. The van der Waals surface area contributed by atoms with Gasteiger partial charge in [0.25, 0.3) is 0 Å². The number of rotatable bonds is 4. The summed E-state index contributed by atoms with van der Waals surface area (Å²) in [6.07, 6.45) is 2.07. The molecule has 0 bridgehead atoms. The zero-order valence-electron chi connectivity index (χ0n) is 11.3. The van der Waals surface area contributed by atoms with Gasteiger partial charge in [-0.15, -0.1) is 0 Å². The lowest BCUT2D eigenvalue weighted by molar-refractivity contribution is -0.135. The molecular weight excluding hydrogens is 216 g/mol. The fourth-order valence-corrected chi connectivity index (χ4v) is 2.15. The van der Waals surface area contributed by atoms with Gasteiger partial charge in [0.1, 0.15) is 6.04 Å². The Bertz CT molecular complexity index is 289. The van der Waals surface area contributed by atoms with Crippen LogP contribution >= 0.6 is 0 Å². The van der Waals surface area contributed by atoms with Crippen molar-refractivity contribution in [1.29, 1.82) is 0 Å². The van der Waals surface area contributed by atoms with Gasteiger partial charge in [-0.25, -0.2) is 0 Å². The minimum Gasteiger partial charge on any atom is -0.344 e. The molecule has 0 saturated carbocycles. The largest absolute Gasteiger partial charge is 0.344 e. The van der Waals surface area contributed by atoms with Crippen LogP contribution in [0.1, 0.15) is 47.0 Å². The molecule has 0 aromatic rings. The van der Waals surface area contributed by atoms with Crippen LogP contribution in [0.25, 0.3) is 0 Å². The molecule has 1 heterocycles. The zero-order valence-corrected chi connectivity index (χ0v) is 11.3. The Labute approximate surface area is 104 Å². The first kappa shape index (κ1) is 14.0. The predicted molar refractivity (Wildman–Crippen MR) is 67.5 cm³/mol. The average molecular weight is 240 g/mol. The van der Waals surface area contributed by atoms with Crippen molar-refractivity contribution in [3.63, 3.8) is 0 Å². The van der Waals surface area contributed by atoms with Crippen LogP contribution < -0.4 is 5.32 Å². The second-order valence-electron chi connectivity index (χ2n) is 5.29. The van der Waals surface area contributed by atoms with Gasteiger partial charge in [-0.3, -0.25) is 9.59 Å².